The maximum atomic E-state index is 15.4. The molecule has 2 N–H and O–H groups in total. The van der Waals surface area contributed by atoms with Gasteiger partial charge < -0.3 is 10.2 Å². The lowest BCUT2D eigenvalue weighted by atomic mass is 9.73. The molecule has 4 aliphatic carbocycles. The van der Waals surface area contributed by atoms with Gasteiger partial charge in [-0.15, -0.1) is 6.58 Å². The SMILES string of the molecule is C=C[C@@H]1C[C@]1(CC(=O)[C@@H]1C[C@@]2(CN1C(=O)[C@@H](CC(=O)[C@@H](NC(=O)[C@@H]1CCCCN1C(C)C)C1CCCCC1)C(C)(C)C)C(C)(C)C21CCC1)C(=O)NS(=O)(=O)N(CC)CCC. The number of carbonyl (C=O) groups is 5. The third kappa shape index (κ3) is 8.55. The van der Waals surface area contributed by atoms with Gasteiger partial charge in [0.05, 0.1) is 23.5 Å². The zero-order valence-electron chi connectivity index (χ0n) is 39.1. The Morgan fingerprint density at radius 3 is 2.08 bits per heavy atom. The molecule has 6 aliphatic rings. The van der Waals surface area contributed by atoms with Crippen LogP contribution in [0.5, 0.6) is 0 Å². The fourth-order valence-electron chi connectivity index (χ4n) is 13.0. The molecule has 2 heterocycles. The molecule has 13 heteroatoms. The predicted octanol–water partition coefficient (Wildman–Crippen LogP) is 6.98. The summed E-state index contributed by atoms with van der Waals surface area (Å²) in [7, 11) is -4.14. The van der Waals surface area contributed by atoms with Gasteiger partial charge in [-0.2, -0.15) is 12.7 Å². The van der Waals surface area contributed by atoms with Crippen molar-refractivity contribution < 1.29 is 32.4 Å². The molecule has 0 aromatic rings. The van der Waals surface area contributed by atoms with Gasteiger partial charge in [0.15, 0.2) is 11.6 Å². The van der Waals surface area contributed by atoms with E-state index in [1.54, 1.807) is 17.9 Å². The maximum absolute atomic E-state index is 15.4. The Morgan fingerprint density at radius 2 is 1.56 bits per heavy atom. The minimum Gasteiger partial charge on any atom is -0.345 e. The first-order valence-corrected chi connectivity index (χ1v) is 25.4. The van der Waals surface area contributed by atoms with Crippen LogP contribution in [0, 0.1) is 44.8 Å². The summed E-state index contributed by atoms with van der Waals surface area (Å²) in [5.41, 5.74) is -2.28. The van der Waals surface area contributed by atoms with Gasteiger partial charge in [0.2, 0.25) is 17.7 Å². The van der Waals surface area contributed by atoms with Crippen LogP contribution in [0.1, 0.15) is 165 Å². The van der Waals surface area contributed by atoms with E-state index in [9.17, 15) is 27.6 Å². The molecular weight excluding hydrogens is 791 g/mol. The van der Waals surface area contributed by atoms with Crippen LogP contribution >= 0.6 is 0 Å². The summed E-state index contributed by atoms with van der Waals surface area (Å²) in [6.45, 7) is 23.9. The first-order valence-electron chi connectivity index (χ1n) is 23.9. The topological polar surface area (TPSA) is 153 Å². The van der Waals surface area contributed by atoms with Gasteiger partial charge in [0, 0.05) is 49.9 Å². The van der Waals surface area contributed by atoms with Gasteiger partial charge in [0.25, 0.3) is 0 Å². The number of carbonyl (C=O) groups excluding carboxylic acids is 5. The van der Waals surface area contributed by atoms with Crippen molar-refractivity contribution in [2.75, 3.05) is 26.2 Å². The molecule has 4 saturated carbocycles. The minimum atomic E-state index is -4.14. The Kier molecular flexibility index (Phi) is 13.9. The molecule has 0 radical (unpaired) electrons. The largest absolute Gasteiger partial charge is 0.345 e. The van der Waals surface area contributed by atoms with Crippen LogP contribution in [0.3, 0.4) is 0 Å². The van der Waals surface area contributed by atoms with Gasteiger partial charge in [-0.05, 0) is 106 Å². The normalized spacial score (nSPS) is 30.8. The van der Waals surface area contributed by atoms with Crippen LogP contribution in [0.4, 0.5) is 0 Å². The quantitative estimate of drug-likeness (QED) is 0.140. The number of likely N-dealkylation sites (tertiary alicyclic amines) is 2. The van der Waals surface area contributed by atoms with Crippen LogP contribution in [-0.4, -0.2) is 102 Å². The van der Waals surface area contributed by atoms with Crippen molar-refractivity contribution in [3.63, 3.8) is 0 Å². The number of nitrogens with one attached hydrogen (secondary N) is 2. The molecule has 344 valence electrons. The summed E-state index contributed by atoms with van der Waals surface area (Å²) in [5.74, 6) is -2.51. The summed E-state index contributed by atoms with van der Waals surface area (Å²) in [5, 5.41) is 3.28. The fraction of sp³-hybridized carbons (Fsp3) is 0.854. The van der Waals surface area contributed by atoms with Crippen molar-refractivity contribution in [1.29, 1.82) is 0 Å². The molecule has 7 atom stereocenters. The zero-order valence-corrected chi connectivity index (χ0v) is 39.9. The molecule has 2 aliphatic heterocycles. The molecule has 0 aromatic heterocycles. The number of hydrogen-bond acceptors (Lipinski definition) is 8. The van der Waals surface area contributed by atoms with E-state index in [4.69, 9.17) is 0 Å². The average molecular weight is 870 g/mol. The van der Waals surface area contributed by atoms with E-state index in [0.717, 1.165) is 77.2 Å². The van der Waals surface area contributed by atoms with Crippen LogP contribution in [0.2, 0.25) is 0 Å². The van der Waals surface area contributed by atoms with Gasteiger partial charge in [-0.1, -0.05) is 86.6 Å². The smallest absolute Gasteiger partial charge is 0.303 e. The van der Waals surface area contributed by atoms with Crippen LogP contribution in [0.15, 0.2) is 12.7 Å². The highest BCUT2D eigenvalue weighted by Crippen LogP contribution is 2.88. The predicted molar refractivity (Wildman–Crippen MR) is 238 cm³/mol. The minimum absolute atomic E-state index is 0.000933. The van der Waals surface area contributed by atoms with E-state index in [2.05, 4.69) is 49.2 Å². The van der Waals surface area contributed by atoms with Crippen LogP contribution < -0.4 is 10.0 Å². The van der Waals surface area contributed by atoms with Gasteiger partial charge in [-0.25, -0.2) is 4.72 Å². The Balaban J connectivity index is 1.28. The highest BCUT2D eigenvalue weighted by Gasteiger charge is 2.85. The molecule has 2 spiro atoms. The first kappa shape index (κ1) is 47.8. The molecule has 61 heavy (non-hydrogen) atoms. The van der Waals surface area contributed by atoms with Crippen molar-refractivity contribution in [2.24, 2.45) is 44.8 Å². The lowest BCUT2D eigenvalue weighted by Gasteiger charge is -2.40. The van der Waals surface area contributed by atoms with E-state index >= 15 is 4.79 Å². The van der Waals surface area contributed by atoms with Crippen LogP contribution in [-0.2, 0) is 34.2 Å². The van der Waals surface area contributed by atoms with Crippen molar-refractivity contribution in [3.05, 3.63) is 12.7 Å². The molecule has 12 nitrogen and oxygen atoms in total. The van der Waals surface area contributed by atoms with E-state index in [-0.39, 0.29) is 89.5 Å². The molecule has 3 amide bonds. The highest BCUT2D eigenvalue weighted by molar-refractivity contribution is 7.87. The molecule has 6 rings (SSSR count). The number of Topliss-reactive ketones (excluding diaryl/α,β-unsaturated/α-hetero) is 2. The second-order valence-corrected chi connectivity index (χ2v) is 23.6. The number of allylic oxidation sites excluding steroid dienone is 1. The van der Waals surface area contributed by atoms with Gasteiger partial charge in [0.1, 0.15) is 0 Å². The molecule has 6 fully saturated rings. The summed E-state index contributed by atoms with van der Waals surface area (Å²) in [4.78, 5) is 77.4. The lowest BCUT2D eigenvalue weighted by molar-refractivity contribution is -0.147. The summed E-state index contributed by atoms with van der Waals surface area (Å²) < 4.78 is 30.3. The Labute approximate surface area is 367 Å². The number of hydrogen-bond donors (Lipinski definition) is 2. The number of fused-ring (bicyclic) bond motifs is 1. The maximum Gasteiger partial charge on any atom is 0.303 e. The monoisotopic (exact) mass is 870 g/mol. The highest BCUT2D eigenvalue weighted by atomic mass is 32.2. The number of nitrogens with zero attached hydrogens (tertiary/aromatic N) is 3. The van der Waals surface area contributed by atoms with Gasteiger partial charge in [-0.3, -0.25) is 28.9 Å². The lowest BCUT2D eigenvalue weighted by Crippen LogP contribution is -2.57. The van der Waals surface area contributed by atoms with Crippen molar-refractivity contribution in [1.82, 2.24) is 24.1 Å². The number of rotatable bonds is 18. The van der Waals surface area contributed by atoms with Crippen molar-refractivity contribution in [2.45, 2.75) is 189 Å². The van der Waals surface area contributed by atoms with Crippen LogP contribution in [0.25, 0.3) is 0 Å². The Morgan fingerprint density at radius 1 is 0.902 bits per heavy atom. The first-order chi connectivity index (χ1) is 28.6. The summed E-state index contributed by atoms with van der Waals surface area (Å²) >= 11 is 0. The van der Waals surface area contributed by atoms with E-state index in [0.29, 0.717) is 25.8 Å². The van der Waals surface area contributed by atoms with E-state index in [1.165, 1.54) is 4.31 Å². The van der Waals surface area contributed by atoms with Crippen molar-refractivity contribution in [3.8, 4) is 0 Å². The molecule has 0 unspecified atom stereocenters. The zero-order chi connectivity index (χ0) is 44.9. The molecule has 0 bridgehead atoms. The summed E-state index contributed by atoms with van der Waals surface area (Å²) in [6, 6.07) is -1.59. The second kappa shape index (κ2) is 17.7. The number of ketones is 2. The third-order valence-corrected chi connectivity index (χ3v) is 18.8. The standard InChI is InChI=1S/C48H79N5O7S/c1-11-25-51(13-3)61(59,60)50-43(58)46(28-34(46)12-2)30-39(55)37-29-48(45(9,10)47(48)23-19-24-47)31-53(37)42(57)35(44(6,7)8)27-38(54)40(33-20-15-14-16-21-33)49-41(56)36-22-17-18-26-52(36)32(4)5/h12,32-37,40H,2,11,13-31H2,1,3-10H3,(H,49,56)(H,50,58)/t34-,35-,36+,37+,40+,46-,48-/m1/s1. The van der Waals surface area contributed by atoms with Crippen molar-refractivity contribution >= 4 is 39.5 Å². The molecule has 2 saturated heterocycles. The van der Waals surface area contributed by atoms with E-state index < -0.39 is 44.9 Å². The van der Waals surface area contributed by atoms with E-state index in [1.807, 2.05) is 27.7 Å². The van der Waals surface area contributed by atoms with Gasteiger partial charge >= 0.3 is 10.2 Å². The third-order valence-electron chi connectivity index (χ3n) is 17.2. The average Bonchev–Trinajstić information content (AvgIpc) is 3.92. The summed E-state index contributed by atoms with van der Waals surface area (Å²) in [6.07, 6.45) is 13.5. The fourth-order valence-corrected chi connectivity index (χ4v) is 14.4. The molecule has 0 aromatic carbocycles. The second-order valence-electron chi connectivity index (χ2n) is 21.9. The molecular formula is C48H79N5O7S. The Hall–Kier alpha value is -2.64. The number of piperidine rings is 1. The number of amides is 3. The Bertz CT molecular complexity index is 1810.